The van der Waals surface area contributed by atoms with E-state index in [9.17, 15) is 9.90 Å². The number of ether oxygens (including phenoxy) is 2. The number of hydrogen-bond donors (Lipinski definition) is 3. The van der Waals surface area contributed by atoms with Crippen molar-refractivity contribution in [3.63, 3.8) is 0 Å². The highest BCUT2D eigenvalue weighted by atomic mass is 16.7. The second kappa shape index (κ2) is 7.58. The van der Waals surface area contributed by atoms with Crippen LogP contribution in [-0.2, 0) is 14.3 Å². The van der Waals surface area contributed by atoms with Crippen LogP contribution in [0.3, 0.4) is 0 Å². The number of hydrogen-bond acceptors (Lipinski definition) is 5. The molecule has 15 heavy (non-hydrogen) atoms. The van der Waals surface area contributed by atoms with E-state index in [1.165, 1.54) is 0 Å². The lowest BCUT2D eigenvalue weighted by Gasteiger charge is -2.30. The van der Waals surface area contributed by atoms with Crippen molar-refractivity contribution in [2.75, 3.05) is 13.7 Å². The smallest absolute Gasteiger partial charge is 0.333 e. The van der Waals surface area contributed by atoms with Crippen molar-refractivity contribution in [2.24, 2.45) is 0 Å². The molecule has 1 fully saturated rings. The van der Waals surface area contributed by atoms with Gasteiger partial charge in [-0.2, -0.15) is 0 Å². The van der Waals surface area contributed by atoms with Gasteiger partial charge < -0.3 is 24.8 Å². The molecule has 1 aliphatic heterocycles. The maximum Gasteiger partial charge on any atom is 0.333 e. The van der Waals surface area contributed by atoms with Gasteiger partial charge in [0.25, 0.3) is 0 Å². The highest BCUT2D eigenvalue weighted by Crippen LogP contribution is 2.20. The molecule has 90 valence electrons. The van der Waals surface area contributed by atoms with Crippen molar-refractivity contribution >= 4 is 5.97 Å². The van der Waals surface area contributed by atoms with Crippen LogP contribution in [0.5, 0.6) is 0 Å². The summed E-state index contributed by atoms with van der Waals surface area (Å²) in [6.07, 6.45) is -1.70. The topological polar surface area (TPSA) is 96.2 Å². The second-order valence-corrected chi connectivity index (χ2v) is 2.97. The van der Waals surface area contributed by atoms with Gasteiger partial charge in [0.15, 0.2) is 12.4 Å². The fourth-order valence-corrected chi connectivity index (χ4v) is 1.31. The summed E-state index contributed by atoms with van der Waals surface area (Å²) in [5.74, 6) is -1.05. The molecular weight excluding hydrogens is 204 g/mol. The third-order valence-electron chi connectivity index (χ3n) is 1.89. The van der Waals surface area contributed by atoms with Crippen molar-refractivity contribution in [1.82, 2.24) is 0 Å². The fraction of sp³-hybridized carbons (Fsp3) is 0.889. The van der Waals surface area contributed by atoms with Gasteiger partial charge in [-0.3, -0.25) is 0 Å². The molecule has 0 radical (unpaired) electrons. The monoisotopic (exact) mass is 222 g/mol. The lowest BCUT2D eigenvalue weighted by atomic mass is 10.1. The Kier molecular flexibility index (Phi) is 7.23. The Morgan fingerprint density at radius 2 is 2.07 bits per heavy atom. The van der Waals surface area contributed by atoms with Gasteiger partial charge in [0, 0.05) is 26.6 Å². The van der Waals surface area contributed by atoms with Gasteiger partial charge in [0.1, 0.15) is 0 Å². The van der Waals surface area contributed by atoms with Gasteiger partial charge in [0.2, 0.25) is 0 Å². The first kappa shape index (κ1) is 14.3. The number of carboxylic acids is 1. The van der Waals surface area contributed by atoms with Crippen molar-refractivity contribution in [3.8, 4) is 0 Å². The normalized spacial score (nSPS) is 30.3. The molecule has 0 aromatic rings. The quantitative estimate of drug-likeness (QED) is 0.600. The molecule has 1 rings (SSSR count). The Morgan fingerprint density at radius 3 is 2.53 bits per heavy atom. The van der Waals surface area contributed by atoms with E-state index in [2.05, 4.69) is 0 Å². The Morgan fingerprint density at radius 1 is 1.47 bits per heavy atom. The molecule has 0 spiro atoms. The zero-order chi connectivity index (χ0) is 11.8. The maximum atomic E-state index is 10.6. The molecule has 0 aromatic heterocycles. The molecule has 1 unspecified atom stereocenters. The van der Waals surface area contributed by atoms with Gasteiger partial charge in [-0.25, -0.2) is 4.79 Å². The predicted molar refractivity (Wildman–Crippen MR) is 51.3 cm³/mol. The predicted octanol–water partition coefficient (Wildman–Crippen LogP) is -0.418. The number of aliphatic carboxylic acids is 1. The summed E-state index contributed by atoms with van der Waals surface area (Å²) < 4.78 is 10.2. The van der Waals surface area contributed by atoms with E-state index in [1.807, 2.05) is 0 Å². The van der Waals surface area contributed by atoms with Crippen LogP contribution in [0.1, 0.15) is 19.8 Å². The Hall–Kier alpha value is -0.690. The van der Waals surface area contributed by atoms with Gasteiger partial charge >= 0.3 is 5.97 Å². The third kappa shape index (κ3) is 5.08. The number of aliphatic hydroxyl groups excluding tert-OH is 2. The van der Waals surface area contributed by atoms with Gasteiger partial charge in [-0.1, -0.05) is 0 Å². The van der Waals surface area contributed by atoms with Crippen LogP contribution < -0.4 is 0 Å². The van der Waals surface area contributed by atoms with E-state index in [0.717, 1.165) is 7.11 Å². The number of carbonyl (C=O) groups is 1. The highest BCUT2D eigenvalue weighted by Gasteiger charge is 2.32. The van der Waals surface area contributed by atoms with Crippen LogP contribution >= 0.6 is 0 Å². The summed E-state index contributed by atoms with van der Waals surface area (Å²) in [6.45, 7) is 2.24. The summed E-state index contributed by atoms with van der Waals surface area (Å²) in [5.41, 5.74) is 0. The average molecular weight is 222 g/mol. The molecule has 0 aromatic carbocycles. The molecule has 6 nitrogen and oxygen atoms in total. The van der Waals surface area contributed by atoms with Crippen molar-refractivity contribution in [1.29, 1.82) is 0 Å². The van der Waals surface area contributed by atoms with E-state index in [1.54, 1.807) is 6.92 Å². The first-order chi connectivity index (χ1) is 7.13. The molecule has 0 aliphatic carbocycles. The van der Waals surface area contributed by atoms with Gasteiger partial charge in [-0.05, 0) is 6.92 Å². The minimum atomic E-state index is -1.05. The molecule has 1 saturated heterocycles. The summed E-state index contributed by atoms with van der Waals surface area (Å²) in [7, 11) is 1.00. The minimum absolute atomic E-state index is 0.138. The highest BCUT2D eigenvalue weighted by molar-refractivity contribution is 5.72. The number of carboxylic acid groups (broad SMARTS) is 1. The molecule has 1 heterocycles. The standard InChI is InChI=1S/C8H14O5.CH4O/c1-2-12-7-4-5(9)3-6(13-7)8(10)11;1-2/h5-7,9H,2-4H2,1H3,(H,10,11);2H,1H3/t5-,6-,7?;/m0./s1. The fourth-order valence-electron chi connectivity index (χ4n) is 1.31. The van der Waals surface area contributed by atoms with Crippen LogP contribution in [0.2, 0.25) is 0 Å². The molecule has 1 aliphatic rings. The third-order valence-corrected chi connectivity index (χ3v) is 1.89. The van der Waals surface area contributed by atoms with Crippen LogP contribution in [0.4, 0.5) is 0 Å². The zero-order valence-corrected chi connectivity index (χ0v) is 8.92. The van der Waals surface area contributed by atoms with E-state index >= 15 is 0 Å². The maximum absolute atomic E-state index is 10.6. The lowest BCUT2D eigenvalue weighted by Crippen LogP contribution is -2.41. The number of rotatable bonds is 3. The van der Waals surface area contributed by atoms with Crippen molar-refractivity contribution in [3.05, 3.63) is 0 Å². The summed E-state index contributed by atoms with van der Waals surface area (Å²) in [6, 6.07) is 0. The van der Waals surface area contributed by atoms with Gasteiger partial charge in [-0.15, -0.1) is 0 Å². The van der Waals surface area contributed by atoms with Gasteiger partial charge in [0.05, 0.1) is 6.10 Å². The molecule has 0 bridgehead atoms. The molecular formula is C9H18O6. The van der Waals surface area contributed by atoms with E-state index in [-0.39, 0.29) is 6.42 Å². The largest absolute Gasteiger partial charge is 0.479 e. The van der Waals surface area contributed by atoms with Crippen LogP contribution in [0.25, 0.3) is 0 Å². The summed E-state index contributed by atoms with van der Waals surface area (Å²) >= 11 is 0. The zero-order valence-electron chi connectivity index (χ0n) is 8.92. The average Bonchev–Trinajstić information content (AvgIpc) is 2.20. The molecule has 6 heteroatoms. The Bertz CT molecular complexity index is 183. The molecule has 0 saturated carbocycles. The van der Waals surface area contributed by atoms with Crippen molar-refractivity contribution < 1.29 is 29.6 Å². The van der Waals surface area contributed by atoms with E-state index in [0.29, 0.717) is 13.0 Å². The summed E-state index contributed by atoms with van der Waals surface area (Å²) in [5, 5.41) is 25.0. The van der Waals surface area contributed by atoms with Crippen LogP contribution in [0, 0.1) is 0 Å². The Labute approximate surface area is 88.4 Å². The van der Waals surface area contributed by atoms with Crippen molar-refractivity contribution in [2.45, 2.75) is 38.3 Å². The van der Waals surface area contributed by atoms with Crippen LogP contribution in [-0.4, -0.2) is 53.5 Å². The van der Waals surface area contributed by atoms with E-state index in [4.69, 9.17) is 19.7 Å². The molecule has 3 N–H and O–H groups in total. The first-order valence-corrected chi connectivity index (χ1v) is 4.76. The first-order valence-electron chi connectivity index (χ1n) is 4.76. The Balaban J connectivity index is 0.000000921. The van der Waals surface area contributed by atoms with E-state index < -0.39 is 24.5 Å². The summed E-state index contributed by atoms with van der Waals surface area (Å²) in [4.78, 5) is 10.6. The second-order valence-electron chi connectivity index (χ2n) is 2.97. The van der Waals surface area contributed by atoms with Crippen LogP contribution in [0.15, 0.2) is 0 Å². The lowest BCUT2D eigenvalue weighted by molar-refractivity contribution is -0.220. The molecule has 0 amide bonds. The molecule has 3 atom stereocenters. The minimum Gasteiger partial charge on any atom is -0.479 e. The SMILES string of the molecule is CCOC1C[C@@H](O)C[C@@H](C(=O)O)O1.CO. The number of aliphatic hydroxyl groups is 2.